The molecule has 1 atom stereocenters. The Hall–Kier alpha value is -1.51. The number of halogens is 1. The summed E-state index contributed by atoms with van der Waals surface area (Å²) in [5, 5.41) is 9.99. The number of aryl methyl sites for hydroxylation is 2. The van der Waals surface area contributed by atoms with Crippen LogP contribution in [0.1, 0.15) is 29.7 Å². The van der Waals surface area contributed by atoms with E-state index >= 15 is 0 Å². The molecule has 0 saturated heterocycles. The van der Waals surface area contributed by atoms with Crippen molar-refractivity contribution in [1.82, 2.24) is 0 Å². The topological polar surface area (TPSA) is 29.5 Å². The minimum absolute atomic E-state index is 0.497. The van der Waals surface area contributed by atoms with Crippen molar-refractivity contribution in [2.45, 2.75) is 26.9 Å². The van der Waals surface area contributed by atoms with Gasteiger partial charge in [0.05, 0.1) is 11.1 Å². The van der Waals surface area contributed by atoms with Gasteiger partial charge in [0, 0.05) is 0 Å². The Morgan fingerprint density at radius 3 is 2.37 bits per heavy atom. The Bertz CT molecular complexity index is 591. The molecule has 0 aliphatic heterocycles. The van der Waals surface area contributed by atoms with Gasteiger partial charge in [0.1, 0.15) is 11.5 Å². The van der Waals surface area contributed by atoms with E-state index in [1.165, 1.54) is 11.1 Å². The number of hydrogen-bond acceptors (Lipinski definition) is 2. The highest BCUT2D eigenvalue weighted by atomic mass is 35.5. The fourth-order valence-electron chi connectivity index (χ4n) is 1.76. The Labute approximate surface area is 118 Å². The minimum Gasteiger partial charge on any atom is -0.456 e. The van der Waals surface area contributed by atoms with Crippen molar-refractivity contribution in [2.75, 3.05) is 0 Å². The lowest BCUT2D eigenvalue weighted by atomic mass is 10.1. The van der Waals surface area contributed by atoms with E-state index in [1.54, 1.807) is 19.1 Å². The van der Waals surface area contributed by atoms with Crippen molar-refractivity contribution in [1.29, 1.82) is 0 Å². The van der Waals surface area contributed by atoms with Crippen LogP contribution in [-0.4, -0.2) is 5.11 Å². The van der Waals surface area contributed by atoms with Crippen LogP contribution in [0.25, 0.3) is 0 Å². The molecule has 0 aliphatic rings. The van der Waals surface area contributed by atoms with Gasteiger partial charge in [-0.05, 0) is 61.7 Å². The maximum absolute atomic E-state index is 9.50. The molecule has 0 aromatic heterocycles. The molecule has 0 spiro atoms. The fraction of sp³-hybridized carbons (Fsp3) is 0.250. The molecule has 100 valence electrons. The molecule has 19 heavy (non-hydrogen) atoms. The Morgan fingerprint density at radius 2 is 1.79 bits per heavy atom. The molecule has 0 radical (unpaired) electrons. The van der Waals surface area contributed by atoms with E-state index in [0.29, 0.717) is 10.8 Å². The second-order valence-corrected chi connectivity index (χ2v) is 5.12. The second-order valence-electron chi connectivity index (χ2n) is 4.71. The summed E-state index contributed by atoms with van der Waals surface area (Å²) in [6, 6.07) is 11.2. The molecule has 0 heterocycles. The van der Waals surface area contributed by atoms with Crippen molar-refractivity contribution in [3.8, 4) is 11.5 Å². The van der Waals surface area contributed by atoms with E-state index < -0.39 is 6.10 Å². The summed E-state index contributed by atoms with van der Waals surface area (Å²) >= 11 is 6.16. The Kier molecular flexibility index (Phi) is 4.13. The summed E-state index contributed by atoms with van der Waals surface area (Å²) in [4.78, 5) is 0. The van der Waals surface area contributed by atoms with Crippen molar-refractivity contribution >= 4 is 11.6 Å². The fourth-order valence-corrected chi connectivity index (χ4v) is 1.99. The van der Waals surface area contributed by atoms with Gasteiger partial charge < -0.3 is 9.84 Å². The van der Waals surface area contributed by atoms with E-state index in [-0.39, 0.29) is 0 Å². The van der Waals surface area contributed by atoms with E-state index in [0.717, 1.165) is 11.3 Å². The SMILES string of the molecule is Cc1ccc(Oc2ccc(C(C)O)cc2Cl)cc1C. The molecule has 2 nitrogen and oxygen atoms in total. The molecule has 3 heteroatoms. The predicted molar refractivity (Wildman–Crippen MR) is 78.1 cm³/mol. The monoisotopic (exact) mass is 276 g/mol. The zero-order chi connectivity index (χ0) is 14.0. The van der Waals surface area contributed by atoms with Gasteiger partial charge in [0.15, 0.2) is 0 Å². The summed E-state index contributed by atoms with van der Waals surface area (Å²) in [5.41, 5.74) is 3.18. The van der Waals surface area contributed by atoms with Gasteiger partial charge in [-0.1, -0.05) is 23.7 Å². The molecule has 0 saturated carbocycles. The van der Waals surface area contributed by atoms with Crippen LogP contribution in [0.2, 0.25) is 5.02 Å². The zero-order valence-corrected chi connectivity index (χ0v) is 12.0. The quantitative estimate of drug-likeness (QED) is 0.872. The molecule has 0 bridgehead atoms. The van der Waals surface area contributed by atoms with Crippen LogP contribution in [0, 0.1) is 13.8 Å². The molecule has 1 N–H and O–H groups in total. The van der Waals surface area contributed by atoms with Crippen molar-refractivity contribution < 1.29 is 9.84 Å². The largest absolute Gasteiger partial charge is 0.456 e. The number of hydrogen-bond donors (Lipinski definition) is 1. The van der Waals surface area contributed by atoms with Crippen LogP contribution in [0.4, 0.5) is 0 Å². The molecule has 2 rings (SSSR count). The van der Waals surface area contributed by atoms with Gasteiger partial charge in [-0.15, -0.1) is 0 Å². The minimum atomic E-state index is -0.534. The first-order chi connectivity index (χ1) is 8.97. The van der Waals surface area contributed by atoms with Crippen LogP contribution in [0.3, 0.4) is 0 Å². The number of benzene rings is 2. The van der Waals surface area contributed by atoms with Gasteiger partial charge in [-0.25, -0.2) is 0 Å². The lowest BCUT2D eigenvalue weighted by molar-refractivity contribution is 0.199. The van der Waals surface area contributed by atoms with Crippen LogP contribution in [-0.2, 0) is 0 Å². The summed E-state index contributed by atoms with van der Waals surface area (Å²) in [5.74, 6) is 1.35. The van der Waals surface area contributed by atoms with E-state index in [1.807, 2.05) is 31.2 Å². The third-order valence-electron chi connectivity index (χ3n) is 3.14. The summed E-state index contributed by atoms with van der Waals surface area (Å²) < 4.78 is 5.77. The average molecular weight is 277 g/mol. The van der Waals surface area contributed by atoms with E-state index in [2.05, 4.69) is 6.92 Å². The van der Waals surface area contributed by atoms with Crippen LogP contribution >= 0.6 is 11.6 Å². The zero-order valence-electron chi connectivity index (χ0n) is 11.3. The smallest absolute Gasteiger partial charge is 0.146 e. The van der Waals surface area contributed by atoms with E-state index in [9.17, 15) is 5.11 Å². The second kappa shape index (κ2) is 5.64. The molecule has 0 amide bonds. The van der Waals surface area contributed by atoms with Gasteiger partial charge in [-0.2, -0.15) is 0 Å². The highest BCUT2D eigenvalue weighted by molar-refractivity contribution is 6.32. The number of aliphatic hydroxyl groups excluding tert-OH is 1. The van der Waals surface area contributed by atoms with Crippen LogP contribution in [0.15, 0.2) is 36.4 Å². The third-order valence-corrected chi connectivity index (χ3v) is 3.44. The number of ether oxygens (including phenoxy) is 1. The first-order valence-electron chi connectivity index (χ1n) is 6.20. The summed E-state index contributed by atoms with van der Waals surface area (Å²) in [6.45, 7) is 5.80. The van der Waals surface area contributed by atoms with Crippen molar-refractivity contribution in [3.63, 3.8) is 0 Å². The third kappa shape index (κ3) is 3.28. The predicted octanol–water partition coefficient (Wildman–Crippen LogP) is 4.80. The van der Waals surface area contributed by atoms with Gasteiger partial charge in [0.2, 0.25) is 0 Å². The molecule has 1 unspecified atom stereocenters. The van der Waals surface area contributed by atoms with Gasteiger partial charge in [-0.3, -0.25) is 0 Å². The number of aliphatic hydroxyl groups is 1. The lowest BCUT2D eigenvalue weighted by Crippen LogP contribution is -1.92. The first-order valence-corrected chi connectivity index (χ1v) is 6.58. The van der Waals surface area contributed by atoms with Crippen molar-refractivity contribution in [2.24, 2.45) is 0 Å². The number of rotatable bonds is 3. The summed E-state index contributed by atoms with van der Waals surface area (Å²) in [6.07, 6.45) is -0.534. The molecular weight excluding hydrogens is 260 g/mol. The maximum atomic E-state index is 9.50. The Balaban J connectivity index is 2.25. The van der Waals surface area contributed by atoms with Crippen molar-refractivity contribution in [3.05, 3.63) is 58.1 Å². The molecule has 2 aromatic carbocycles. The molecule has 2 aromatic rings. The van der Waals surface area contributed by atoms with Gasteiger partial charge >= 0.3 is 0 Å². The standard InChI is InChI=1S/C16H17ClO2/c1-10-4-6-14(8-11(10)2)19-16-7-5-13(12(3)18)9-15(16)17/h4-9,12,18H,1-3H3. The normalized spacial score (nSPS) is 12.3. The Morgan fingerprint density at radius 1 is 1.05 bits per heavy atom. The molecule has 0 fully saturated rings. The first kappa shape index (κ1) is 13.9. The van der Waals surface area contributed by atoms with E-state index in [4.69, 9.17) is 16.3 Å². The average Bonchev–Trinajstić information content (AvgIpc) is 2.36. The molecule has 0 aliphatic carbocycles. The lowest BCUT2D eigenvalue weighted by Gasteiger charge is -2.11. The molecular formula is C16H17ClO2. The maximum Gasteiger partial charge on any atom is 0.146 e. The van der Waals surface area contributed by atoms with Crippen LogP contribution < -0.4 is 4.74 Å². The van der Waals surface area contributed by atoms with Crippen LogP contribution in [0.5, 0.6) is 11.5 Å². The van der Waals surface area contributed by atoms with Gasteiger partial charge in [0.25, 0.3) is 0 Å². The highest BCUT2D eigenvalue weighted by Crippen LogP contribution is 2.32. The highest BCUT2D eigenvalue weighted by Gasteiger charge is 2.08. The summed E-state index contributed by atoms with van der Waals surface area (Å²) in [7, 11) is 0.